The molecule has 0 aliphatic rings. The summed E-state index contributed by atoms with van der Waals surface area (Å²) in [6.07, 6.45) is 0. The van der Waals surface area contributed by atoms with E-state index in [9.17, 15) is 4.79 Å². The molecule has 126 valence electrons. The molecule has 0 unspecified atom stereocenters. The molecule has 8 heteroatoms. The molecule has 1 amide bonds. The van der Waals surface area contributed by atoms with Gasteiger partial charge in [0.05, 0.1) is 17.1 Å². The van der Waals surface area contributed by atoms with Crippen molar-refractivity contribution < 1.29 is 9.21 Å². The zero-order valence-electron chi connectivity index (χ0n) is 13.3. The lowest BCUT2D eigenvalue weighted by atomic mass is 10.3. The average molecular weight is 370 g/mol. The van der Waals surface area contributed by atoms with Gasteiger partial charge < -0.3 is 9.73 Å². The van der Waals surface area contributed by atoms with Crippen molar-refractivity contribution in [3.05, 3.63) is 58.2 Å². The van der Waals surface area contributed by atoms with Gasteiger partial charge in [0, 0.05) is 11.4 Å². The highest BCUT2D eigenvalue weighted by Crippen LogP contribution is 2.27. The van der Waals surface area contributed by atoms with Crippen LogP contribution in [0.5, 0.6) is 0 Å². The van der Waals surface area contributed by atoms with Crippen molar-refractivity contribution in [2.45, 2.75) is 13.5 Å². The maximum Gasteiger partial charge on any atom is 0.272 e. The summed E-state index contributed by atoms with van der Waals surface area (Å²) in [7, 11) is 0. The lowest BCUT2D eigenvalue weighted by Gasteiger charge is -1.99. The highest BCUT2D eigenvalue weighted by molar-refractivity contribution is 7.20. The smallest absolute Gasteiger partial charge is 0.272 e. The Morgan fingerprint density at radius 2 is 2.24 bits per heavy atom. The Balaban J connectivity index is 1.40. The standard InChI is InChI=1S/C17H14N4O2S2/c1-10-4-5-14(23-10)12-7-13(21-20-12)16(22)18-8-11-9-25-17(19-11)15-3-2-6-24-15/h2-7,9H,8H2,1H3,(H,18,22)(H,20,21). The third-order valence-electron chi connectivity index (χ3n) is 3.53. The van der Waals surface area contributed by atoms with E-state index in [1.54, 1.807) is 28.7 Å². The number of furan rings is 1. The zero-order valence-corrected chi connectivity index (χ0v) is 14.9. The van der Waals surface area contributed by atoms with Crippen molar-refractivity contribution in [3.8, 4) is 21.3 Å². The Morgan fingerprint density at radius 1 is 1.32 bits per heavy atom. The van der Waals surface area contributed by atoms with Crippen LogP contribution in [0.25, 0.3) is 21.3 Å². The first-order chi connectivity index (χ1) is 12.2. The number of aromatic amines is 1. The predicted molar refractivity (Wildman–Crippen MR) is 97.6 cm³/mol. The molecule has 0 aliphatic heterocycles. The number of aryl methyl sites for hydroxylation is 1. The molecule has 0 radical (unpaired) electrons. The van der Waals surface area contributed by atoms with E-state index in [2.05, 4.69) is 20.5 Å². The number of thiazole rings is 1. The summed E-state index contributed by atoms with van der Waals surface area (Å²) in [6, 6.07) is 9.41. The lowest BCUT2D eigenvalue weighted by molar-refractivity contribution is 0.0945. The van der Waals surface area contributed by atoms with Crippen molar-refractivity contribution >= 4 is 28.6 Å². The van der Waals surface area contributed by atoms with Gasteiger partial charge in [-0.05, 0) is 30.5 Å². The van der Waals surface area contributed by atoms with Gasteiger partial charge in [-0.25, -0.2) is 4.98 Å². The van der Waals surface area contributed by atoms with Gasteiger partial charge in [-0.1, -0.05) is 6.07 Å². The fraction of sp³-hybridized carbons (Fsp3) is 0.118. The van der Waals surface area contributed by atoms with Gasteiger partial charge in [0.2, 0.25) is 0 Å². The molecule has 6 nitrogen and oxygen atoms in total. The summed E-state index contributed by atoms with van der Waals surface area (Å²) in [5, 5.41) is 14.7. The number of carbonyl (C=O) groups excluding carboxylic acids is 1. The van der Waals surface area contributed by atoms with E-state index in [4.69, 9.17) is 4.42 Å². The van der Waals surface area contributed by atoms with E-state index in [0.29, 0.717) is 23.7 Å². The quantitative estimate of drug-likeness (QED) is 0.554. The lowest BCUT2D eigenvalue weighted by Crippen LogP contribution is -2.23. The fourth-order valence-corrected chi connectivity index (χ4v) is 3.94. The van der Waals surface area contributed by atoms with E-state index in [1.807, 2.05) is 41.9 Å². The zero-order chi connectivity index (χ0) is 17.2. The molecule has 0 atom stereocenters. The van der Waals surface area contributed by atoms with E-state index in [1.165, 1.54) is 0 Å². The second-order valence-corrected chi connectivity index (χ2v) is 7.19. The van der Waals surface area contributed by atoms with Crippen LogP contribution in [0, 0.1) is 6.92 Å². The van der Waals surface area contributed by atoms with E-state index < -0.39 is 0 Å². The summed E-state index contributed by atoms with van der Waals surface area (Å²) in [4.78, 5) is 17.9. The maximum atomic E-state index is 12.3. The highest BCUT2D eigenvalue weighted by Gasteiger charge is 2.14. The maximum absolute atomic E-state index is 12.3. The Kier molecular flexibility index (Phi) is 4.21. The molecular formula is C17H14N4O2S2. The summed E-state index contributed by atoms with van der Waals surface area (Å²) < 4.78 is 5.52. The summed E-state index contributed by atoms with van der Waals surface area (Å²) in [5.41, 5.74) is 1.82. The van der Waals surface area contributed by atoms with E-state index >= 15 is 0 Å². The monoisotopic (exact) mass is 370 g/mol. The van der Waals surface area contributed by atoms with Crippen LogP contribution in [-0.4, -0.2) is 21.1 Å². The number of H-pyrrole nitrogens is 1. The number of hydrogen-bond acceptors (Lipinski definition) is 6. The molecule has 4 heterocycles. The molecule has 2 N–H and O–H groups in total. The predicted octanol–water partition coefficient (Wildman–Crippen LogP) is 4.09. The number of nitrogens with one attached hydrogen (secondary N) is 2. The number of hydrogen-bond donors (Lipinski definition) is 2. The second-order valence-electron chi connectivity index (χ2n) is 5.38. The van der Waals surface area contributed by atoms with Crippen molar-refractivity contribution in [2.24, 2.45) is 0 Å². The van der Waals surface area contributed by atoms with Crippen molar-refractivity contribution in [2.75, 3.05) is 0 Å². The van der Waals surface area contributed by atoms with Crippen LogP contribution in [0.15, 0.2) is 45.5 Å². The van der Waals surface area contributed by atoms with Gasteiger partial charge in [-0.3, -0.25) is 9.89 Å². The van der Waals surface area contributed by atoms with Crippen molar-refractivity contribution in [1.29, 1.82) is 0 Å². The van der Waals surface area contributed by atoms with Crippen LogP contribution in [0.2, 0.25) is 0 Å². The van der Waals surface area contributed by atoms with Gasteiger partial charge in [0.25, 0.3) is 5.91 Å². The molecule has 0 aliphatic carbocycles. The number of nitrogens with zero attached hydrogens (tertiary/aromatic N) is 2. The minimum Gasteiger partial charge on any atom is -0.460 e. The summed E-state index contributed by atoms with van der Waals surface area (Å²) in [6.45, 7) is 2.23. The Morgan fingerprint density at radius 3 is 3.00 bits per heavy atom. The molecule has 25 heavy (non-hydrogen) atoms. The van der Waals surface area contributed by atoms with Gasteiger partial charge in [0.15, 0.2) is 11.5 Å². The molecule has 4 aromatic heterocycles. The molecule has 0 spiro atoms. The van der Waals surface area contributed by atoms with Crippen LogP contribution in [0.3, 0.4) is 0 Å². The van der Waals surface area contributed by atoms with Gasteiger partial charge >= 0.3 is 0 Å². The average Bonchev–Trinajstić information content (AvgIpc) is 3.38. The number of thiophene rings is 1. The topological polar surface area (TPSA) is 83.8 Å². The molecule has 4 aromatic rings. The number of rotatable bonds is 5. The molecule has 0 saturated carbocycles. The van der Waals surface area contributed by atoms with Crippen molar-refractivity contribution in [3.63, 3.8) is 0 Å². The first kappa shape index (κ1) is 15.8. The normalized spacial score (nSPS) is 10.9. The SMILES string of the molecule is Cc1ccc(-c2cc(C(=O)NCc3csc(-c4cccs4)n3)n[nH]2)o1. The third-order valence-corrected chi connectivity index (χ3v) is 5.46. The van der Waals surface area contributed by atoms with Crippen LogP contribution >= 0.6 is 22.7 Å². The largest absolute Gasteiger partial charge is 0.460 e. The molecule has 0 fully saturated rings. The minimum absolute atomic E-state index is 0.253. The molecule has 0 bridgehead atoms. The van der Waals surface area contributed by atoms with Gasteiger partial charge in [-0.15, -0.1) is 22.7 Å². The Labute approximate surface area is 151 Å². The van der Waals surface area contributed by atoms with E-state index in [0.717, 1.165) is 21.3 Å². The van der Waals surface area contributed by atoms with Crippen molar-refractivity contribution in [1.82, 2.24) is 20.5 Å². The van der Waals surface area contributed by atoms with Gasteiger partial charge in [0.1, 0.15) is 16.5 Å². The molecule has 4 rings (SSSR count). The first-order valence-electron chi connectivity index (χ1n) is 7.58. The molecule has 0 saturated heterocycles. The van der Waals surface area contributed by atoms with Crippen LogP contribution in [0.4, 0.5) is 0 Å². The number of aromatic nitrogens is 3. The fourth-order valence-electron chi connectivity index (χ4n) is 2.31. The number of carbonyl (C=O) groups is 1. The van der Waals surface area contributed by atoms with Gasteiger partial charge in [-0.2, -0.15) is 5.10 Å². The van der Waals surface area contributed by atoms with E-state index in [-0.39, 0.29) is 5.91 Å². The Hall–Kier alpha value is -2.71. The van der Waals surface area contributed by atoms with Crippen LogP contribution in [0.1, 0.15) is 21.9 Å². The number of amides is 1. The minimum atomic E-state index is -0.253. The summed E-state index contributed by atoms with van der Waals surface area (Å²) >= 11 is 3.22. The molecule has 0 aromatic carbocycles. The second kappa shape index (κ2) is 6.66. The van der Waals surface area contributed by atoms with Crippen LogP contribution in [-0.2, 0) is 6.54 Å². The van der Waals surface area contributed by atoms with Crippen LogP contribution < -0.4 is 5.32 Å². The highest BCUT2D eigenvalue weighted by atomic mass is 32.1. The summed E-state index contributed by atoms with van der Waals surface area (Å²) in [5.74, 6) is 1.21. The Bertz CT molecular complexity index is 998. The molecular weight excluding hydrogens is 356 g/mol. The first-order valence-corrected chi connectivity index (χ1v) is 9.33. The third kappa shape index (κ3) is 3.40.